The smallest absolute Gasteiger partial charge is 0.195 e. The summed E-state index contributed by atoms with van der Waals surface area (Å²) in [6, 6.07) is 9.87. The summed E-state index contributed by atoms with van der Waals surface area (Å²) >= 11 is 1.52. The van der Waals surface area contributed by atoms with Gasteiger partial charge in [0.2, 0.25) is 0 Å². The monoisotopic (exact) mass is 260 g/mol. The van der Waals surface area contributed by atoms with Crippen LogP contribution >= 0.6 is 11.3 Å². The van der Waals surface area contributed by atoms with Crippen molar-refractivity contribution < 1.29 is 9.18 Å². The van der Waals surface area contributed by atoms with Gasteiger partial charge >= 0.3 is 0 Å². The number of hydrogen-bond donors (Lipinski definition) is 0. The van der Waals surface area contributed by atoms with E-state index in [4.69, 9.17) is 0 Å². The minimum absolute atomic E-state index is 0.0102. The third-order valence-corrected chi connectivity index (χ3v) is 3.79. The molecule has 0 radical (unpaired) electrons. The molecule has 0 atom stereocenters. The summed E-state index contributed by atoms with van der Waals surface area (Å²) in [5.74, 6) is -0.284. The van der Waals surface area contributed by atoms with E-state index in [2.05, 4.69) is 6.92 Å². The van der Waals surface area contributed by atoms with E-state index in [-0.39, 0.29) is 11.6 Å². The molecular weight excluding hydrogens is 247 g/mol. The van der Waals surface area contributed by atoms with Gasteiger partial charge in [-0.3, -0.25) is 4.79 Å². The van der Waals surface area contributed by atoms with E-state index in [9.17, 15) is 9.18 Å². The minimum atomic E-state index is -0.274. The van der Waals surface area contributed by atoms with Crippen LogP contribution in [0.4, 0.5) is 4.39 Å². The van der Waals surface area contributed by atoms with Crippen molar-refractivity contribution in [1.29, 1.82) is 0 Å². The van der Waals surface area contributed by atoms with E-state index in [0.29, 0.717) is 0 Å². The Morgan fingerprint density at radius 2 is 1.94 bits per heavy atom. The van der Waals surface area contributed by atoms with Crippen LogP contribution in [0.25, 0.3) is 6.08 Å². The first-order valence-corrected chi connectivity index (χ1v) is 6.57. The quantitative estimate of drug-likeness (QED) is 0.590. The molecule has 0 aliphatic rings. The maximum Gasteiger partial charge on any atom is 0.195 e. The summed E-state index contributed by atoms with van der Waals surface area (Å²) in [6.07, 6.45) is 4.17. The van der Waals surface area contributed by atoms with Crippen molar-refractivity contribution >= 4 is 23.2 Å². The van der Waals surface area contributed by atoms with Gasteiger partial charge in [0.1, 0.15) is 5.82 Å². The number of hydrogen-bond acceptors (Lipinski definition) is 2. The molecule has 2 aromatic rings. The average molecular weight is 260 g/mol. The highest BCUT2D eigenvalue weighted by molar-refractivity contribution is 7.14. The van der Waals surface area contributed by atoms with Gasteiger partial charge in [0.05, 0.1) is 4.88 Å². The van der Waals surface area contributed by atoms with Gasteiger partial charge in [0, 0.05) is 4.88 Å². The van der Waals surface area contributed by atoms with Gasteiger partial charge in [-0.15, -0.1) is 11.3 Å². The van der Waals surface area contributed by atoms with Crippen molar-refractivity contribution in [2.75, 3.05) is 0 Å². The van der Waals surface area contributed by atoms with E-state index in [1.165, 1.54) is 34.4 Å². The Bertz CT molecular complexity index is 566. The fourth-order valence-electron chi connectivity index (χ4n) is 1.53. The maximum absolute atomic E-state index is 12.7. The Labute approximate surface area is 110 Å². The van der Waals surface area contributed by atoms with Gasteiger partial charge in [-0.25, -0.2) is 4.39 Å². The van der Waals surface area contributed by atoms with Crippen LogP contribution in [0.15, 0.2) is 42.5 Å². The molecule has 3 heteroatoms. The van der Waals surface area contributed by atoms with Crippen LogP contribution in [0.3, 0.4) is 0 Å². The zero-order valence-corrected chi connectivity index (χ0v) is 10.8. The number of thiophene rings is 1. The Morgan fingerprint density at radius 1 is 1.22 bits per heavy atom. The molecule has 0 saturated heterocycles. The summed E-state index contributed by atoms with van der Waals surface area (Å²) in [6.45, 7) is 2.06. The average Bonchev–Trinajstić information content (AvgIpc) is 2.86. The molecule has 1 aromatic heterocycles. The van der Waals surface area contributed by atoms with Crippen LogP contribution in [0.5, 0.6) is 0 Å². The molecule has 1 heterocycles. The number of benzene rings is 1. The molecule has 0 fully saturated rings. The number of carbonyl (C=O) groups excluding carboxylic acids is 1. The van der Waals surface area contributed by atoms with Gasteiger partial charge in [-0.05, 0) is 42.3 Å². The number of allylic oxidation sites excluding steroid dienone is 1. The fraction of sp³-hybridized carbons (Fsp3) is 0.133. The molecule has 18 heavy (non-hydrogen) atoms. The second kappa shape index (κ2) is 5.74. The predicted molar refractivity (Wildman–Crippen MR) is 73.5 cm³/mol. The van der Waals surface area contributed by atoms with Gasteiger partial charge in [-0.2, -0.15) is 0 Å². The van der Waals surface area contributed by atoms with Gasteiger partial charge in [-0.1, -0.05) is 25.1 Å². The molecule has 0 N–H and O–H groups in total. The van der Waals surface area contributed by atoms with E-state index in [1.54, 1.807) is 18.2 Å². The topological polar surface area (TPSA) is 17.1 Å². The molecule has 1 nitrogen and oxygen atoms in total. The van der Waals surface area contributed by atoms with Crippen LogP contribution in [-0.4, -0.2) is 5.78 Å². The van der Waals surface area contributed by atoms with E-state index in [0.717, 1.165) is 16.9 Å². The number of aryl methyl sites for hydroxylation is 1. The lowest BCUT2D eigenvalue weighted by atomic mass is 10.2. The third-order valence-electron chi connectivity index (χ3n) is 2.55. The Balaban J connectivity index is 2.09. The summed E-state index contributed by atoms with van der Waals surface area (Å²) in [5, 5.41) is 0. The molecule has 92 valence electrons. The van der Waals surface area contributed by atoms with E-state index < -0.39 is 0 Å². The summed E-state index contributed by atoms with van der Waals surface area (Å²) in [4.78, 5) is 13.8. The first-order valence-electron chi connectivity index (χ1n) is 5.75. The molecule has 0 unspecified atom stereocenters. The van der Waals surface area contributed by atoms with Crippen molar-refractivity contribution in [1.82, 2.24) is 0 Å². The Kier molecular flexibility index (Phi) is 4.05. The van der Waals surface area contributed by atoms with Crippen LogP contribution in [0.1, 0.15) is 27.0 Å². The molecule has 0 aliphatic heterocycles. The van der Waals surface area contributed by atoms with E-state index >= 15 is 0 Å². The Morgan fingerprint density at radius 3 is 2.56 bits per heavy atom. The zero-order valence-electron chi connectivity index (χ0n) is 10.0. The summed E-state index contributed by atoms with van der Waals surface area (Å²) in [5.41, 5.74) is 0.817. The number of carbonyl (C=O) groups is 1. The van der Waals surface area contributed by atoms with Crippen LogP contribution in [0, 0.1) is 5.82 Å². The predicted octanol–water partition coefficient (Wildman–Crippen LogP) is 4.35. The molecule has 1 aromatic carbocycles. The van der Waals surface area contributed by atoms with Crippen molar-refractivity contribution in [2.24, 2.45) is 0 Å². The molecule has 0 aliphatic carbocycles. The largest absolute Gasteiger partial charge is 0.288 e. The van der Waals surface area contributed by atoms with Crippen molar-refractivity contribution in [3.63, 3.8) is 0 Å². The van der Waals surface area contributed by atoms with E-state index in [1.807, 2.05) is 12.1 Å². The Hall–Kier alpha value is -1.74. The molecule has 0 spiro atoms. The minimum Gasteiger partial charge on any atom is -0.288 e. The zero-order chi connectivity index (χ0) is 13.0. The number of ketones is 1. The van der Waals surface area contributed by atoms with Crippen molar-refractivity contribution in [2.45, 2.75) is 13.3 Å². The number of rotatable bonds is 4. The first-order chi connectivity index (χ1) is 8.69. The SMILES string of the molecule is CCc1ccc(C(=O)C=Cc2ccc(F)cc2)s1. The summed E-state index contributed by atoms with van der Waals surface area (Å²) < 4.78 is 12.7. The molecule has 2 rings (SSSR count). The normalized spacial score (nSPS) is 11.0. The standard InChI is InChI=1S/C15H13FOS/c1-2-13-8-10-15(18-13)14(17)9-5-11-3-6-12(16)7-4-11/h3-10H,2H2,1H3. The van der Waals surface area contributed by atoms with Crippen molar-refractivity contribution in [3.05, 3.63) is 63.6 Å². The van der Waals surface area contributed by atoms with Gasteiger partial charge in [0.25, 0.3) is 0 Å². The summed E-state index contributed by atoms with van der Waals surface area (Å²) in [7, 11) is 0. The second-order valence-corrected chi connectivity index (χ2v) is 5.04. The van der Waals surface area contributed by atoms with Crippen LogP contribution in [-0.2, 0) is 6.42 Å². The second-order valence-electron chi connectivity index (χ2n) is 3.87. The highest BCUT2D eigenvalue weighted by Crippen LogP contribution is 2.18. The fourth-order valence-corrected chi connectivity index (χ4v) is 2.40. The lowest BCUT2D eigenvalue weighted by Crippen LogP contribution is -1.88. The highest BCUT2D eigenvalue weighted by atomic mass is 32.1. The maximum atomic E-state index is 12.7. The molecule has 0 bridgehead atoms. The lowest BCUT2D eigenvalue weighted by Gasteiger charge is -1.92. The molecular formula is C15H13FOS. The van der Waals surface area contributed by atoms with Crippen molar-refractivity contribution in [3.8, 4) is 0 Å². The number of halogens is 1. The highest BCUT2D eigenvalue weighted by Gasteiger charge is 2.04. The van der Waals surface area contributed by atoms with Crippen LogP contribution < -0.4 is 0 Å². The van der Waals surface area contributed by atoms with Gasteiger partial charge < -0.3 is 0 Å². The third kappa shape index (κ3) is 3.14. The molecule has 0 saturated carbocycles. The lowest BCUT2D eigenvalue weighted by molar-refractivity contribution is 0.105. The first kappa shape index (κ1) is 12.7. The molecule has 0 amide bonds. The van der Waals surface area contributed by atoms with Gasteiger partial charge in [0.15, 0.2) is 5.78 Å². The van der Waals surface area contributed by atoms with Crippen LogP contribution in [0.2, 0.25) is 0 Å².